The maximum atomic E-state index is 12.5. The fraction of sp³-hybridized carbons (Fsp3) is 0.389. The van der Waals surface area contributed by atoms with Gasteiger partial charge in [-0.05, 0) is 30.2 Å². The Bertz CT molecular complexity index is 797. The number of methoxy groups -OCH3 is 1. The number of halogens is 3. The first kappa shape index (κ1) is 24.2. The van der Waals surface area contributed by atoms with Crippen LogP contribution in [0.3, 0.4) is 0 Å². The summed E-state index contributed by atoms with van der Waals surface area (Å²) in [4.78, 5) is 25.9. The van der Waals surface area contributed by atoms with E-state index in [2.05, 4.69) is 5.32 Å². The molecule has 1 N–H and O–H groups in total. The average molecular weight is 498 g/mol. The van der Waals surface area contributed by atoms with Gasteiger partial charge in [-0.3, -0.25) is 14.5 Å². The second-order valence-corrected chi connectivity index (χ2v) is 10.0. The quantitative estimate of drug-likeness (QED) is 0.191. The molecule has 11 heteroatoms. The third-order valence-corrected chi connectivity index (χ3v) is 5.64. The highest BCUT2D eigenvalue weighted by Crippen LogP contribution is 2.34. The van der Waals surface area contributed by atoms with Gasteiger partial charge in [0, 0.05) is 27.2 Å². The van der Waals surface area contributed by atoms with Crippen molar-refractivity contribution < 1.29 is 19.1 Å². The average Bonchev–Trinajstić information content (AvgIpc) is 2.89. The number of carbonyl (C=O) groups is 2. The number of hydrogen-bond donors (Lipinski definition) is 1. The number of benzene rings is 1. The van der Waals surface area contributed by atoms with Crippen LogP contribution in [0.1, 0.15) is 18.9 Å². The largest absolute Gasteiger partial charge is 0.466 e. The van der Waals surface area contributed by atoms with Gasteiger partial charge in [-0.2, -0.15) is 0 Å². The van der Waals surface area contributed by atoms with Gasteiger partial charge in [0.1, 0.15) is 10.1 Å². The molecule has 1 saturated heterocycles. The van der Waals surface area contributed by atoms with Crippen LogP contribution in [0.25, 0.3) is 6.08 Å². The van der Waals surface area contributed by atoms with Crippen LogP contribution in [-0.2, 0) is 14.3 Å². The van der Waals surface area contributed by atoms with E-state index in [-0.39, 0.29) is 5.91 Å². The minimum atomic E-state index is -1.85. The number of amides is 2. The highest BCUT2D eigenvalue weighted by Gasteiger charge is 2.35. The molecule has 0 spiro atoms. The fourth-order valence-corrected chi connectivity index (χ4v) is 3.96. The Labute approximate surface area is 193 Å². The molecule has 0 radical (unpaired) electrons. The Morgan fingerprint density at radius 1 is 1.34 bits per heavy atom. The van der Waals surface area contributed by atoms with E-state index in [0.717, 1.165) is 5.56 Å². The summed E-state index contributed by atoms with van der Waals surface area (Å²) in [7, 11) is 1.61. The third-order valence-electron chi connectivity index (χ3n) is 3.67. The lowest BCUT2D eigenvalue weighted by molar-refractivity contribution is -0.122. The van der Waals surface area contributed by atoms with Crippen LogP contribution in [0.15, 0.2) is 29.2 Å². The molecule has 29 heavy (non-hydrogen) atoms. The van der Waals surface area contributed by atoms with E-state index in [1.165, 1.54) is 18.7 Å². The lowest BCUT2D eigenvalue weighted by Gasteiger charge is -2.25. The highest BCUT2D eigenvalue weighted by molar-refractivity contribution is 8.26. The Kier molecular flexibility index (Phi) is 9.06. The minimum absolute atomic E-state index is 0.127. The van der Waals surface area contributed by atoms with Gasteiger partial charge in [0.2, 0.25) is 15.9 Å². The summed E-state index contributed by atoms with van der Waals surface area (Å²) in [5.74, 6) is -0.136. The van der Waals surface area contributed by atoms with Crippen LogP contribution in [0.2, 0.25) is 0 Å². The van der Waals surface area contributed by atoms with Crippen molar-refractivity contribution in [1.82, 2.24) is 10.2 Å². The molecule has 1 aliphatic rings. The minimum Gasteiger partial charge on any atom is -0.466 e. The predicted octanol–water partition coefficient (Wildman–Crippen LogP) is 4.14. The van der Waals surface area contributed by atoms with Crippen molar-refractivity contribution in [2.75, 3.05) is 20.3 Å². The van der Waals surface area contributed by atoms with E-state index in [9.17, 15) is 9.59 Å². The van der Waals surface area contributed by atoms with Gasteiger partial charge in [0.15, 0.2) is 0 Å². The van der Waals surface area contributed by atoms with Gasteiger partial charge in [0.25, 0.3) is 5.91 Å². The molecule has 2 amide bonds. The summed E-state index contributed by atoms with van der Waals surface area (Å²) in [6.07, 6.45) is 1.31. The summed E-state index contributed by atoms with van der Waals surface area (Å²) < 4.78 is 9.26. The Hall–Kier alpha value is -1.03. The molecule has 1 aliphatic heterocycles. The predicted molar refractivity (Wildman–Crippen MR) is 121 cm³/mol. The number of alkyl halides is 3. The molecule has 1 atom stereocenters. The third kappa shape index (κ3) is 7.31. The summed E-state index contributed by atoms with van der Waals surface area (Å²) >= 11 is 24.1. The topological polar surface area (TPSA) is 67.9 Å². The standard InChI is InChI=1S/C18H19Cl3N2O4S2/c1-11(24)22-16(18(19,20)21)27-13-6-4-12(5-7-13)10-14-15(25)23(17(28)29-14)8-3-9-26-2/h4-7,10,16H,3,8-9H2,1-2H3,(H,22,24). The van der Waals surface area contributed by atoms with Crippen LogP contribution < -0.4 is 10.1 Å². The first-order valence-electron chi connectivity index (χ1n) is 8.46. The number of nitrogens with one attached hydrogen (secondary N) is 1. The number of hydrogen-bond acceptors (Lipinski definition) is 6. The fourth-order valence-electron chi connectivity index (χ4n) is 2.35. The molecular formula is C18H19Cl3N2O4S2. The number of carbonyl (C=O) groups excluding carboxylic acids is 2. The second kappa shape index (κ2) is 10.8. The number of thiocarbonyl (C=S) groups is 1. The van der Waals surface area contributed by atoms with E-state index in [4.69, 9.17) is 56.5 Å². The molecule has 6 nitrogen and oxygen atoms in total. The first-order valence-corrected chi connectivity index (χ1v) is 10.8. The van der Waals surface area contributed by atoms with E-state index < -0.39 is 15.9 Å². The lowest BCUT2D eigenvalue weighted by Crippen LogP contribution is -2.47. The summed E-state index contributed by atoms with van der Waals surface area (Å²) in [6, 6.07) is 6.79. The van der Waals surface area contributed by atoms with Gasteiger partial charge in [-0.15, -0.1) is 0 Å². The maximum absolute atomic E-state index is 12.5. The van der Waals surface area contributed by atoms with Crippen LogP contribution >= 0.6 is 58.8 Å². The van der Waals surface area contributed by atoms with Crippen molar-refractivity contribution in [3.05, 3.63) is 34.7 Å². The van der Waals surface area contributed by atoms with E-state index in [1.54, 1.807) is 42.4 Å². The zero-order valence-electron chi connectivity index (χ0n) is 15.6. The summed E-state index contributed by atoms with van der Waals surface area (Å²) in [6.45, 7) is 2.37. The van der Waals surface area contributed by atoms with Crippen molar-refractivity contribution in [2.24, 2.45) is 0 Å². The Morgan fingerprint density at radius 3 is 2.55 bits per heavy atom. The lowest BCUT2D eigenvalue weighted by atomic mass is 10.2. The monoisotopic (exact) mass is 496 g/mol. The van der Waals surface area contributed by atoms with Gasteiger partial charge in [-0.1, -0.05) is 70.9 Å². The zero-order chi connectivity index (χ0) is 21.6. The zero-order valence-corrected chi connectivity index (χ0v) is 19.5. The smallest absolute Gasteiger partial charge is 0.266 e. The first-order chi connectivity index (χ1) is 13.6. The van der Waals surface area contributed by atoms with Gasteiger partial charge in [-0.25, -0.2) is 0 Å². The van der Waals surface area contributed by atoms with Crippen molar-refractivity contribution in [3.63, 3.8) is 0 Å². The molecule has 0 bridgehead atoms. The molecule has 1 unspecified atom stereocenters. The number of ether oxygens (including phenoxy) is 2. The van der Waals surface area contributed by atoms with Gasteiger partial charge >= 0.3 is 0 Å². The molecule has 2 rings (SSSR count). The number of rotatable bonds is 8. The SMILES string of the molecule is COCCCN1C(=O)C(=Cc2ccc(OC(NC(C)=O)C(Cl)(Cl)Cl)cc2)SC1=S. The van der Waals surface area contributed by atoms with Gasteiger partial charge in [0.05, 0.1) is 4.91 Å². The van der Waals surface area contributed by atoms with Crippen molar-refractivity contribution in [2.45, 2.75) is 23.4 Å². The van der Waals surface area contributed by atoms with E-state index >= 15 is 0 Å². The van der Waals surface area contributed by atoms with E-state index in [0.29, 0.717) is 34.5 Å². The Morgan fingerprint density at radius 2 is 2.00 bits per heavy atom. The summed E-state index contributed by atoms with van der Waals surface area (Å²) in [5.41, 5.74) is 0.778. The summed E-state index contributed by atoms with van der Waals surface area (Å²) in [5, 5.41) is 2.43. The Balaban J connectivity index is 2.07. The molecule has 0 saturated carbocycles. The number of nitrogens with zero attached hydrogens (tertiary/aromatic N) is 1. The van der Waals surface area contributed by atoms with Crippen LogP contribution in [0.5, 0.6) is 5.75 Å². The highest BCUT2D eigenvalue weighted by atomic mass is 35.6. The molecule has 1 fully saturated rings. The van der Waals surface area contributed by atoms with Crippen molar-refractivity contribution in [3.8, 4) is 5.75 Å². The van der Waals surface area contributed by atoms with Gasteiger partial charge < -0.3 is 14.8 Å². The molecule has 158 valence electrons. The van der Waals surface area contributed by atoms with Crippen molar-refractivity contribution in [1.29, 1.82) is 0 Å². The van der Waals surface area contributed by atoms with Crippen LogP contribution in [0.4, 0.5) is 0 Å². The molecule has 1 aromatic carbocycles. The number of thioether (sulfide) groups is 1. The van der Waals surface area contributed by atoms with Crippen LogP contribution in [0, 0.1) is 0 Å². The second-order valence-electron chi connectivity index (χ2n) is 5.99. The van der Waals surface area contributed by atoms with Crippen LogP contribution in [-0.4, -0.2) is 51.3 Å². The molecule has 1 aromatic rings. The maximum Gasteiger partial charge on any atom is 0.266 e. The van der Waals surface area contributed by atoms with Crippen molar-refractivity contribution >= 4 is 81.0 Å². The molecule has 0 aromatic heterocycles. The molecule has 0 aliphatic carbocycles. The normalized spacial score (nSPS) is 17.0. The molecular weight excluding hydrogens is 479 g/mol. The van der Waals surface area contributed by atoms with E-state index in [1.807, 2.05) is 0 Å². The molecule has 1 heterocycles.